The van der Waals surface area contributed by atoms with E-state index in [-0.39, 0.29) is 18.0 Å². The molecule has 150 valence electrons. The van der Waals surface area contributed by atoms with E-state index < -0.39 is 0 Å². The molecule has 7 heteroatoms. The van der Waals surface area contributed by atoms with Crippen LogP contribution in [0, 0.1) is 0 Å². The van der Waals surface area contributed by atoms with E-state index >= 15 is 0 Å². The van der Waals surface area contributed by atoms with Crippen LogP contribution < -0.4 is 10.9 Å². The zero-order valence-electron chi connectivity index (χ0n) is 16.0. The Balaban J connectivity index is 1.41. The highest BCUT2D eigenvalue weighted by atomic mass is 32.2. The molecule has 0 aliphatic carbocycles. The Morgan fingerprint density at radius 2 is 2.00 bits per heavy atom. The molecule has 29 heavy (non-hydrogen) atoms. The predicted octanol–water partition coefficient (Wildman–Crippen LogP) is 3.45. The summed E-state index contributed by atoms with van der Waals surface area (Å²) in [6.07, 6.45) is 3.44. The van der Waals surface area contributed by atoms with Crippen LogP contribution in [0.1, 0.15) is 18.4 Å². The highest BCUT2D eigenvalue weighted by Gasteiger charge is 2.14. The molecule has 1 saturated heterocycles. The van der Waals surface area contributed by atoms with Gasteiger partial charge in [-0.2, -0.15) is 11.8 Å². The summed E-state index contributed by atoms with van der Waals surface area (Å²) in [7, 11) is 0. The van der Waals surface area contributed by atoms with Crippen LogP contribution in [0.4, 0.5) is 5.69 Å². The van der Waals surface area contributed by atoms with E-state index in [2.05, 4.69) is 16.4 Å². The fraction of sp³-hybridized carbons (Fsp3) is 0.318. The van der Waals surface area contributed by atoms with Crippen LogP contribution in [0.15, 0.2) is 59.5 Å². The number of hydrogen-bond donors (Lipinski definition) is 1. The maximum Gasteiger partial charge on any atom is 0.269 e. The lowest BCUT2D eigenvalue weighted by atomic mass is 10.2. The number of carbonyl (C=O) groups excluding carboxylic acids is 1. The molecule has 1 fully saturated rings. The Hall–Kier alpha value is -2.64. The number of aromatic nitrogens is 2. The number of rotatable bonds is 6. The van der Waals surface area contributed by atoms with Gasteiger partial charge in [0.05, 0.1) is 17.2 Å². The van der Waals surface area contributed by atoms with E-state index in [0.29, 0.717) is 16.3 Å². The van der Waals surface area contributed by atoms with Gasteiger partial charge in [-0.25, -0.2) is 4.98 Å². The topological polar surface area (TPSA) is 73.2 Å². The molecule has 4 rings (SSSR count). The third-order valence-electron chi connectivity index (χ3n) is 4.92. The van der Waals surface area contributed by atoms with Crippen LogP contribution >= 0.6 is 11.8 Å². The Morgan fingerprint density at radius 1 is 1.17 bits per heavy atom. The highest BCUT2D eigenvalue weighted by molar-refractivity contribution is 7.99. The third kappa shape index (κ3) is 5.05. The molecule has 1 aliphatic rings. The summed E-state index contributed by atoms with van der Waals surface area (Å²) < 4.78 is 6.86. The third-order valence-corrected chi connectivity index (χ3v) is 6.36. The number of benzene rings is 2. The van der Waals surface area contributed by atoms with Gasteiger partial charge < -0.3 is 10.1 Å². The quantitative estimate of drug-likeness (QED) is 0.675. The SMILES string of the molecule is O=C(Cn1c(=O)cnc2ccccc21)Nc1cccc(CSC2CCOCC2)c1. The summed E-state index contributed by atoms with van der Waals surface area (Å²) in [5, 5.41) is 3.55. The molecule has 2 heterocycles. The van der Waals surface area contributed by atoms with E-state index in [1.54, 1.807) is 6.07 Å². The molecule has 1 N–H and O–H groups in total. The minimum atomic E-state index is -0.291. The number of thioether (sulfide) groups is 1. The van der Waals surface area contributed by atoms with Crippen molar-refractivity contribution in [2.75, 3.05) is 18.5 Å². The van der Waals surface area contributed by atoms with Crippen LogP contribution in [-0.4, -0.2) is 33.9 Å². The van der Waals surface area contributed by atoms with E-state index in [1.807, 2.05) is 48.2 Å². The summed E-state index contributed by atoms with van der Waals surface area (Å²) in [6.45, 7) is 1.64. The maximum atomic E-state index is 12.6. The average molecular weight is 410 g/mol. The van der Waals surface area contributed by atoms with Crippen molar-refractivity contribution < 1.29 is 9.53 Å². The van der Waals surface area contributed by atoms with Crippen LogP contribution in [0.25, 0.3) is 11.0 Å². The van der Waals surface area contributed by atoms with E-state index in [0.717, 1.165) is 37.5 Å². The zero-order chi connectivity index (χ0) is 20.1. The van der Waals surface area contributed by atoms with Gasteiger partial charge in [0.15, 0.2) is 0 Å². The number of amides is 1. The number of para-hydroxylation sites is 2. The Kier molecular flexibility index (Phi) is 6.27. The molecular weight excluding hydrogens is 386 g/mol. The Morgan fingerprint density at radius 3 is 2.86 bits per heavy atom. The Labute approximate surface area is 173 Å². The van der Waals surface area contributed by atoms with Crippen molar-refractivity contribution in [3.05, 3.63) is 70.6 Å². The first-order valence-electron chi connectivity index (χ1n) is 9.72. The lowest BCUT2D eigenvalue weighted by Crippen LogP contribution is -2.28. The number of nitrogens with zero attached hydrogens (tertiary/aromatic N) is 2. The molecule has 3 aromatic rings. The molecule has 0 atom stereocenters. The first-order chi connectivity index (χ1) is 14.2. The largest absolute Gasteiger partial charge is 0.381 e. The van der Waals surface area contributed by atoms with Crippen molar-refractivity contribution in [3.8, 4) is 0 Å². The molecule has 1 aromatic heterocycles. The van der Waals surface area contributed by atoms with Crippen LogP contribution in [0.3, 0.4) is 0 Å². The van der Waals surface area contributed by atoms with Gasteiger partial charge in [-0.3, -0.25) is 14.2 Å². The molecule has 6 nitrogen and oxygen atoms in total. The smallest absolute Gasteiger partial charge is 0.269 e. The van der Waals surface area contributed by atoms with Gasteiger partial charge >= 0.3 is 0 Å². The predicted molar refractivity (Wildman–Crippen MR) is 116 cm³/mol. The lowest BCUT2D eigenvalue weighted by Gasteiger charge is -2.21. The lowest BCUT2D eigenvalue weighted by molar-refractivity contribution is -0.116. The number of hydrogen-bond acceptors (Lipinski definition) is 5. The monoisotopic (exact) mass is 409 g/mol. The van der Waals surface area contributed by atoms with Gasteiger partial charge in [0, 0.05) is 29.9 Å². The molecule has 2 aromatic carbocycles. The second-order valence-electron chi connectivity index (χ2n) is 7.04. The molecule has 0 unspecified atom stereocenters. The van der Waals surface area contributed by atoms with Crippen molar-refractivity contribution >= 4 is 34.4 Å². The van der Waals surface area contributed by atoms with E-state index in [4.69, 9.17) is 4.74 Å². The van der Waals surface area contributed by atoms with Gasteiger partial charge in [0.25, 0.3) is 5.56 Å². The molecule has 0 spiro atoms. The molecule has 0 bridgehead atoms. The normalized spacial score (nSPS) is 14.8. The number of ether oxygens (including phenoxy) is 1. The van der Waals surface area contributed by atoms with Crippen LogP contribution in [0.5, 0.6) is 0 Å². The standard InChI is InChI=1S/C22H23N3O3S/c26-21(14-25-20-7-2-1-6-19(20)23-13-22(25)27)24-17-5-3-4-16(12-17)15-29-18-8-10-28-11-9-18/h1-7,12-13,18H,8-11,14-15H2,(H,24,26). The molecule has 1 amide bonds. The molecule has 0 saturated carbocycles. The van der Waals surface area contributed by atoms with Crippen molar-refractivity contribution in [3.63, 3.8) is 0 Å². The zero-order valence-corrected chi connectivity index (χ0v) is 16.9. The van der Waals surface area contributed by atoms with Gasteiger partial charge in [0.2, 0.25) is 5.91 Å². The minimum absolute atomic E-state index is 0.0527. The second-order valence-corrected chi connectivity index (χ2v) is 8.33. The van der Waals surface area contributed by atoms with E-state index in [1.165, 1.54) is 16.3 Å². The first kappa shape index (κ1) is 19.7. The van der Waals surface area contributed by atoms with Gasteiger partial charge in [0.1, 0.15) is 6.54 Å². The fourth-order valence-corrected chi connectivity index (χ4v) is 4.55. The van der Waals surface area contributed by atoms with Gasteiger partial charge in [-0.15, -0.1) is 0 Å². The molecule has 0 radical (unpaired) electrons. The summed E-state index contributed by atoms with van der Waals surface area (Å²) in [6, 6.07) is 15.2. The maximum absolute atomic E-state index is 12.6. The molecular formula is C22H23N3O3S. The van der Waals surface area contributed by atoms with Crippen molar-refractivity contribution in [2.24, 2.45) is 0 Å². The minimum Gasteiger partial charge on any atom is -0.381 e. The summed E-state index contributed by atoms with van der Waals surface area (Å²) in [5.74, 6) is 0.667. The number of carbonyl (C=O) groups is 1. The molecule has 1 aliphatic heterocycles. The summed E-state index contributed by atoms with van der Waals surface area (Å²) >= 11 is 1.94. The summed E-state index contributed by atoms with van der Waals surface area (Å²) in [4.78, 5) is 28.9. The first-order valence-corrected chi connectivity index (χ1v) is 10.8. The summed E-state index contributed by atoms with van der Waals surface area (Å²) in [5.41, 5.74) is 2.96. The second kappa shape index (κ2) is 9.24. The van der Waals surface area contributed by atoms with Crippen molar-refractivity contribution in [1.29, 1.82) is 0 Å². The average Bonchev–Trinajstić information content (AvgIpc) is 2.75. The van der Waals surface area contributed by atoms with Gasteiger partial charge in [-0.1, -0.05) is 24.3 Å². The number of fused-ring (bicyclic) bond motifs is 1. The fourth-order valence-electron chi connectivity index (χ4n) is 3.42. The van der Waals surface area contributed by atoms with Crippen molar-refractivity contribution in [2.45, 2.75) is 30.4 Å². The highest BCUT2D eigenvalue weighted by Crippen LogP contribution is 2.26. The van der Waals surface area contributed by atoms with Crippen molar-refractivity contribution in [1.82, 2.24) is 9.55 Å². The Bertz CT molecular complexity index is 1060. The van der Waals surface area contributed by atoms with Crippen LogP contribution in [-0.2, 0) is 21.8 Å². The number of nitrogens with one attached hydrogen (secondary N) is 1. The number of anilines is 1. The van der Waals surface area contributed by atoms with Gasteiger partial charge in [-0.05, 0) is 42.7 Å². The van der Waals surface area contributed by atoms with Crippen LogP contribution in [0.2, 0.25) is 0 Å². The van der Waals surface area contributed by atoms with E-state index in [9.17, 15) is 9.59 Å².